The molecule has 0 unspecified atom stereocenters. The molecule has 0 atom stereocenters. The predicted molar refractivity (Wildman–Crippen MR) is 135 cm³/mol. The monoisotopic (exact) mass is 454 g/mol. The minimum Gasteiger partial charge on any atom is -0.497 e. The second-order valence-electron chi connectivity index (χ2n) is 8.79. The summed E-state index contributed by atoms with van der Waals surface area (Å²) in [6.07, 6.45) is 0. The van der Waals surface area contributed by atoms with Crippen LogP contribution in [0.4, 0.5) is 0 Å². The molecule has 4 aromatic rings. The highest BCUT2D eigenvalue weighted by atomic mass is 16.5. The maximum Gasteiger partial charge on any atom is 0.262 e. The number of methoxy groups -OCH3 is 1. The molecule has 0 radical (unpaired) electrons. The fourth-order valence-electron chi connectivity index (χ4n) is 4.85. The molecule has 1 aromatic heterocycles. The Bertz CT molecular complexity index is 1270. The Balaban J connectivity index is 1.35. The van der Waals surface area contributed by atoms with Gasteiger partial charge in [0.2, 0.25) is 0 Å². The van der Waals surface area contributed by atoms with Gasteiger partial charge < -0.3 is 4.74 Å². The molecule has 6 nitrogen and oxygen atoms in total. The van der Waals surface area contributed by atoms with E-state index >= 15 is 0 Å². The lowest BCUT2D eigenvalue weighted by atomic mass is 9.96. The van der Waals surface area contributed by atoms with Gasteiger partial charge in [0.05, 0.1) is 30.7 Å². The zero-order valence-corrected chi connectivity index (χ0v) is 19.7. The standard InChI is InChI=1S/C28H30N4O2/c1-21-29-26-14-13-24(34-2)19-25(26)28(33)32(21)20-30-15-17-31(18-16-30)27(22-9-5-3-6-10-22)23-11-7-4-8-12-23/h3-14,19,27H,15-18,20H2,1-2H3. The van der Waals surface area contributed by atoms with Gasteiger partial charge in [-0.05, 0) is 36.2 Å². The number of ether oxygens (including phenoxy) is 1. The SMILES string of the molecule is COc1ccc2nc(C)n(CN3CCN(C(c4ccccc4)c4ccccc4)CC3)c(=O)c2c1. The van der Waals surface area contributed by atoms with E-state index in [1.807, 2.05) is 19.1 Å². The summed E-state index contributed by atoms with van der Waals surface area (Å²) in [6, 6.07) is 27.1. The van der Waals surface area contributed by atoms with E-state index in [9.17, 15) is 4.79 Å². The van der Waals surface area contributed by atoms with Crippen molar-refractivity contribution in [3.63, 3.8) is 0 Å². The van der Waals surface area contributed by atoms with Gasteiger partial charge in [-0.2, -0.15) is 0 Å². The number of aromatic nitrogens is 2. The molecule has 0 spiro atoms. The molecule has 1 aliphatic heterocycles. The normalized spacial score (nSPS) is 15.1. The van der Waals surface area contributed by atoms with Gasteiger partial charge in [0.1, 0.15) is 11.6 Å². The largest absolute Gasteiger partial charge is 0.497 e. The smallest absolute Gasteiger partial charge is 0.262 e. The number of benzene rings is 3. The minimum atomic E-state index is -0.0183. The van der Waals surface area contributed by atoms with Gasteiger partial charge in [-0.1, -0.05) is 60.7 Å². The number of aryl methyl sites for hydroxylation is 1. The third kappa shape index (κ3) is 4.47. The van der Waals surface area contributed by atoms with E-state index in [-0.39, 0.29) is 11.6 Å². The first-order valence-electron chi connectivity index (χ1n) is 11.8. The summed E-state index contributed by atoms with van der Waals surface area (Å²) in [5.74, 6) is 1.40. The average molecular weight is 455 g/mol. The molecule has 0 amide bonds. The average Bonchev–Trinajstić information content (AvgIpc) is 2.89. The van der Waals surface area contributed by atoms with Crippen molar-refractivity contribution in [1.29, 1.82) is 0 Å². The number of rotatable bonds is 6. The van der Waals surface area contributed by atoms with Crippen molar-refractivity contribution in [2.24, 2.45) is 0 Å². The first kappa shape index (κ1) is 22.3. The highest BCUT2D eigenvalue weighted by Gasteiger charge is 2.26. The number of hydrogen-bond donors (Lipinski definition) is 0. The van der Waals surface area contributed by atoms with Crippen molar-refractivity contribution in [3.05, 3.63) is 106 Å². The Labute approximate surface area is 200 Å². The maximum absolute atomic E-state index is 13.3. The van der Waals surface area contributed by atoms with E-state index in [1.54, 1.807) is 17.7 Å². The lowest BCUT2D eigenvalue weighted by Crippen LogP contribution is -2.49. The zero-order chi connectivity index (χ0) is 23.5. The van der Waals surface area contributed by atoms with Crippen molar-refractivity contribution in [1.82, 2.24) is 19.4 Å². The second-order valence-corrected chi connectivity index (χ2v) is 8.79. The van der Waals surface area contributed by atoms with Crippen LogP contribution in [0.3, 0.4) is 0 Å². The van der Waals surface area contributed by atoms with Crippen LogP contribution >= 0.6 is 0 Å². The van der Waals surface area contributed by atoms with Crippen LogP contribution < -0.4 is 10.3 Å². The Hall–Kier alpha value is -3.48. The van der Waals surface area contributed by atoms with Crippen LogP contribution in [0, 0.1) is 6.92 Å². The molecule has 0 saturated carbocycles. The zero-order valence-electron chi connectivity index (χ0n) is 19.7. The van der Waals surface area contributed by atoms with E-state index in [2.05, 4.69) is 75.4 Å². The molecule has 3 aromatic carbocycles. The predicted octanol–water partition coefficient (Wildman–Crippen LogP) is 4.08. The molecule has 0 bridgehead atoms. The summed E-state index contributed by atoms with van der Waals surface area (Å²) in [7, 11) is 1.61. The maximum atomic E-state index is 13.3. The Morgan fingerprint density at radius 3 is 2.09 bits per heavy atom. The molecule has 2 heterocycles. The van der Waals surface area contributed by atoms with Gasteiger partial charge in [-0.3, -0.25) is 19.2 Å². The molecule has 5 rings (SSSR count). The third-order valence-corrected chi connectivity index (χ3v) is 6.70. The van der Waals surface area contributed by atoms with Crippen LogP contribution in [0.15, 0.2) is 83.7 Å². The van der Waals surface area contributed by atoms with Crippen LogP contribution in [0.2, 0.25) is 0 Å². The lowest BCUT2D eigenvalue weighted by molar-refractivity contribution is 0.0867. The molecule has 1 saturated heterocycles. The van der Waals surface area contributed by atoms with Gasteiger partial charge >= 0.3 is 0 Å². The van der Waals surface area contributed by atoms with E-state index in [0.717, 1.165) is 32.0 Å². The molecule has 0 aliphatic carbocycles. The molecule has 0 N–H and O–H groups in total. The van der Waals surface area contributed by atoms with E-state index in [4.69, 9.17) is 4.74 Å². The van der Waals surface area contributed by atoms with Crippen LogP contribution in [0.5, 0.6) is 5.75 Å². The van der Waals surface area contributed by atoms with Gasteiger partial charge in [-0.25, -0.2) is 4.98 Å². The molecular weight excluding hydrogens is 424 g/mol. The van der Waals surface area contributed by atoms with Crippen LogP contribution in [-0.4, -0.2) is 52.6 Å². The molecule has 1 aliphatic rings. The molecule has 6 heteroatoms. The van der Waals surface area contributed by atoms with Crippen molar-refractivity contribution in [2.45, 2.75) is 19.6 Å². The van der Waals surface area contributed by atoms with Crippen molar-refractivity contribution < 1.29 is 4.74 Å². The second kappa shape index (κ2) is 9.79. The number of fused-ring (bicyclic) bond motifs is 1. The minimum absolute atomic E-state index is 0.0183. The Morgan fingerprint density at radius 1 is 0.882 bits per heavy atom. The highest BCUT2D eigenvalue weighted by Crippen LogP contribution is 2.29. The summed E-state index contributed by atoms with van der Waals surface area (Å²) in [5, 5.41) is 0.594. The molecule has 174 valence electrons. The van der Waals surface area contributed by atoms with E-state index in [0.29, 0.717) is 23.3 Å². The molecule has 34 heavy (non-hydrogen) atoms. The third-order valence-electron chi connectivity index (χ3n) is 6.70. The van der Waals surface area contributed by atoms with Gasteiger partial charge in [0, 0.05) is 26.2 Å². The molecular formula is C28H30N4O2. The summed E-state index contributed by atoms with van der Waals surface area (Å²) in [6.45, 7) is 6.08. The fourth-order valence-corrected chi connectivity index (χ4v) is 4.85. The Morgan fingerprint density at radius 2 is 1.50 bits per heavy atom. The van der Waals surface area contributed by atoms with E-state index in [1.165, 1.54) is 11.1 Å². The quantitative estimate of drug-likeness (QED) is 0.440. The number of hydrogen-bond acceptors (Lipinski definition) is 5. The van der Waals surface area contributed by atoms with Gasteiger partial charge in [0.15, 0.2) is 0 Å². The summed E-state index contributed by atoms with van der Waals surface area (Å²) in [5.41, 5.74) is 3.30. The lowest BCUT2D eigenvalue weighted by Gasteiger charge is -2.40. The van der Waals surface area contributed by atoms with Gasteiger partial charge in [0.25, 0.3) is 5.56 Å². The van der Waals surface area contributed by atoms with Crippen LogP contribution in [-0.2, 0) is 6.67 Å². The topological polar surface area (TPSA) is 50.6 Å². The fraction of sp³-hybridized carbons (Fsp3) is 0.286. The van der Waals surface area contributed by atoms with Gasteiger partial charge in [-0.15, -0.1) is 0 Å². The summed E-state index contributed by atoms with van der Waals surface area (Å²) < 4.78 is 7.09. The molecule has 1 fully saturated rings. The van der Waals surface area contributed by atoms with Crippen LogP contribution in [0.1, 0.15) is 23.0 Å². The summed E-state index contributed by atoms with van der Waals surface area (Å²) >= 11 is 0. The Kier molecular flexibility index (Phi) is 6.43. The first-order chi connectivity index (χ1) is 16.6. The number of piperazine rings is 1. The van der Waals surface area contributed by atoms with Crippen molar-refractivity contribution >= 4 is 10.9 Å². The number of nitrogens with zero attached hydrogens (tertiary/aromatic N) is 4. The first-order valence-corrected chi connectivity index (χ1v) is 11.8. The highest BCUT2D eigenvalue weighted by molar-refractivity contribution is 5.79. The van der Waals surface area contributed by atoms with Crippen molar-refractivity contribution in [3.8, 4) is 5.75 Å². The van der Waals surface area contributed by atoms with Crippen LogP contribution in [0.25, 0.3) is 10.9 Å². The van der Waals surface area contributed by atoms with Crippen molar-refractivity contribution in [2.75, 3.05) is 33.3 Å². The summed E-state index contributed by atoms with van der Waals surface area (Å²) in [4.78, 5) is 22.8. The van der Waals surface area contributed by atoms with E-state index < -0.39 is 0 Å².